The first kappa shape index (κ1) is 17.2. The van der Waals surface area contributed by atoms with Crippen LogP contribution in [0.25, 0.3) is 21.8 Å². The Labute approximate surface area is 170 Å². The van der Waals surface area contributed by atoms with Crippen molar-refractivity contribution < 1.29 is 4.79 Å². The Hall–Kier alpha value is -2.93. The highest BCUT2D eigenvalue weighted by molar-refractivity contribution is 9.10. The average molecular weight is 436 g/mol. The molecule has 2 aromatic carbocycles. The van der Waals surface area contributed by atoms with Crippen molar-refractivity contribution >= 4 is 49.5 Å². The SMILES string of the molecule is O=C(c1cc2ccccc2[nH]1)N1CCN(c2ncnc3ccc(Br)cc23)CC1. The monoisotopic (exact) mass is 435 g/mol. The predicted octanol–water partition coefficient (Wildman–Crippen LogP) is 3.84. The standard InChI is InChI=1S/C21H18BrN5O/c22-15-5-6-18-16(12-15)20(24-13-23-18)26-7-9-27(10-8-26)21(28)19-11-14-3-1-2-4-17(14)25-19/h1-6,11-13,25H,7-10H2. The van der Waals surface area contributed by atoms with Gasteiger partial charge >= 0.3 is 0 Å². The van der Waals surface area contributed by atoms with Crippen molar-refractivity contribution in [2.45, 2.75) is 0 Å². The lowest BCUT2D eigenvalue weighted by atomic mass is 10.2. The minimum Gasteiger partial charge on any atom is -0.352 e. The van der Waals surface area contributed by atoms with Crippen LogP contribution in [0.5, 0.6) is 0 Å². The van der Waals surface area contributed by atoms with Crippen LogP contribution >= 0.6 is 15.9 Å². The number of hydrogen-bond acceptors (Lipinski definition) is 4. The topological polar surface area (TPSA) is 65.1 Å². The van der Waals surface area contributed by atoms with Gasteiger partial charge in [0.15, 0.2) is 0 Å². The molecule has 6 nitrogen and oxygen atoms in total. The smallest absolute Gasteiger partial charge is 0.270 e. The Morgan fingerprint density at radius 1 is 1.00 bits per heavy atom. The second kappa shape index (κ2) is 6.91. The summed E-state index contributed by atoms with van der Waals surface area (Å²) in [6, 6.07) is 15.9. The maximum atomic E-state index is 12.9. The number of nitrogens with one attached hydrogen (secondary N) is 1. The Bertz CT molecular complexity index is 1150. The molecule has 7 heteroatoms. The molecule has 1 fully saturated rings. The number of piperazine rings is 1. The van der Waals surface area contributed by atoms with Gasteiger partial charge in [0.1, 0.15) is 17.8 Å². The summed E-state index contributed by atoms with van der Waals surface area (Å²) in [6.07, 6.45) is 1.60. The number of carbonyl (C=O) groups excluding carboxylic acids is 1. The Balaban J connectivity index is 1.35. The maximum Gasteiger partial charge on any atom is 0.270 e. The summed E-state index contributed by atoms with van der Waals surface area (Å²) in [5.41, 5.74) is 2.55. The summed E-state index contributed by atoms with van der Waals surface area (Å²) in [6.45, 7) is 2.80. The van der Waals surface area contributed by atoms with E-state index in [1.54, 1.807) is 6.33 Å². The van der Waals surface area contributed by atoms with E-state index in [1.165, 1.54) is 0 Å². The summed E-state index contributed by atoms with van der Waals surface area (Å²) in [7, 11) is 0. The lowest BCUT2D eigenvalue weighted by Gasteiger charge is -2.35. The lowest BCUT2D eigenvalue weighted by molar-refractivity contribution is 0.0741. The number of halogens is 1. The number of hydrogen-bond donors (Lipinski definition) is 1. The average Bonchev–Trinajstić information content (AvgIpc) is 3.17. The summed E-state index contributed by atoms with van der Waals surface area (Å²) in [5.74, 6) is 0.968. The van der Waals surface area contributed by atoms with Gasteiger partial charge in [-0.15, -0.1) is 0 Å². The number of anilines is 1. The molecule has 1 saturated heterocycles. The zero-order valence-electron chi connectivity index (χ0n) is 15.1. The first-order valence-electron chi connectivity index (χ1n) is 9.21. The number of para-hydroxylation sites is 1. The quantitative estimate of drug-likeness (QED) is 0.519. The summed E-state index contributed by atoms with van der Waals surface area (Å²) < 4.78 is 1.00. The van der Waals surface area contributed by atoms with Gasteiger partial charge in [-0.1, -0.05) is 34.1 Å². The molecule has 28 heavy (non-hydrogen) atoms. The number of rotatable bonds is 2. The number of aromatic nitrogens is 3. The van der Waals surface area contributed by atoms with Gasteiger partial charge in [0.25, 0.3) is 5.91 Å². The second-order valence-corrected chi connectivity index (χ2v) is 7.82. The molecule has 140 valence electrons. The van der Waals surface area contributed by atoms with E-state index in [2.05, 4.69) is 35.8 Å². The van der Waals surface area contributed by atoms with Crippen LogP contribution in [0.2, 0.25) is 0 Å². The lowest BCUT2D eigenvalue weighted by Crippen LogP contribution is -2.49. The predicted molar refractivity (Wildman–Crippen MR) is 114 cm³/mol. The molecule has 1 N–H and O–H groups in total. The number of amides is 1. The van der Waals surface area contributed by atoms with E-state index in [0.717, 1.165) is 45.2 Å². The molecule has 0 radical (unpaired) electrons. The molecule has 3 heterocycles. The fourth-order valence-electron chi connectivity index (χ4n) is 3.75. The maximum absolute atomic E-state index is 12.9. The minimum absolute atomic E-state index is 0.0474. The van der Waals surface area contributed by atoms with Crippen molar-refractivity contribution in [3.05, 3.63) is 65.0 Å². The van der Waals surface area contributed by atoms with E-state index in [9.17, 15) is 4.79 Å². The van der Waals surface area contributed by atoms with Gasteiger partial charge in [-0.25, -0.2) is 9.97 Å². The van der Waals surface area contributed by atoms with Crippen LogP contribution in [0.1, 0.15) is 10.5 Å². The molecule has 0 saturated carbocycles. The van der Waals surface area contributed by atoms with Gasteiger partial charge in [-0.2, -0.15) is 0 Å². The summed E-state index contributed by atoms with van der Waals surface area (Å²) in [5, 5.41) is 2.08. The van der Waals surface area contributed by atoms with Crippen molar-refractivity contribution in [2.75, 3.05) is 31.1 Å². The largest absolute Gasteiger partial charge is 0.352 e. The fourth-order valence-corrected chi connectivity index (χ4v) is 4.11. The van der Waals surface area contributed by atoms with Crippen molar-refractivity contribution in [1.29, 1.82) is 0 Å². The van der Waals surface area contributed by atoms with Crippen LogP contribution in [0.15, 0.2) is 59.3 Å². The summed E-state index contributed by atoms with van der Waals surface area (Å²) >= 11 is 3.53. The Morgan fingerprint density at radius 3 is 2.64 bits per heavy atom. The normalized spacial score (nSPS) is 14.8. The zero-order chi connectivity index (χ0) is 19.1. The third-order valence-corrected chi connectivity index (χ3v) is 5.70. The van der Waals surface area contributed by atoms with Crippen molar-refractivity contribution in [1.82, 2.24) is 19.9 Å². The molecule has 0 spiro atoms. The number of benzene rings is 2. The van der Waals surface area contributed by atoms with E-state index < -0.39 is 0 Å². The van der Waals surface area contributed by atoms with Crippen LogP contribution < -0.4 is 4.90 Å². The third kappa shape index (κ3) is 3.01. The molecule has 0 bridgehead atoms. The van der Waals surface area contributed by atoms with Crippen LogP contribution in [-0.4, -0.2) is 51.9 Å². The van der Waals surface area contributed by atoms with E-state index in [4.69, 9.17) is 0 Å². The van der Waals surface area contributed by atoms with Crippen molar-refractivity contribution in [2.24, 2.45) is 0 Å². The molecule has 1 aliphatic rings. The van der Waals surface area contributed by atoms with E-state index in [-0.39, 0.29) is 5.91 Å². The van der Waals surface area contributed by atoms with Gasteiger partial charge in [-0.05, 0) is 30.3 Å². The number of aromatic amines is 1. The van der Waals surface area contributed by atoms with Crippen LogP contribution in [0.3, 0.4) is 0 Å². The first-order chi connectivity index (χ1) is 13.7. The molecule has 5 rings (SSSR count). The fraction of sp³-hybridized carbons (Fsp3) is 0.190. The van der Waals surface area contributed by atoms with Gasteiger partial charge < -0.3 is 14.8 Å². The molecular formula is C21H18BrN5O. The number of fused-ring (bicyclic) bond motifs is 2. The molecular weight excluding hydrogens is 418 g/mol. The molecule has 0 unspecified atom stereocenters. The molecule has 0 atom stereocenters. The van der Waals surface area contributed by atoms with E-state index >= 15 is 0 Å². The molecule has 1 aliphatic heterocycles. The number of carbonyl (C=O) groups is 1. The first-order valence-corrected chi connectivity index (χ1v) is 10.0. The van der Waals surface area contributed by atoms with Gasteiger partial charge in [0, 0.05) is 46.9 Å². The minimum atomic E-state index is 0.0474. The van der Waals surface area contributed by atoms with E-state index in [1.807, 2.05) is 53.4 Å². The molecule has 4 aromatic rings. The highest BCUT2D eigenvalue weighted by Gasteiger charge is 2.25. The molecule has 2 aromatic heterocycles. The van der Waals surface area contributed by atoms with Crippen LogP contribution in [-0.2, 0) is 0 Å². The second-order valence-electron chi connectivity index (χ2n) is 6.91. The zero-order valence-corrected chi connectivity index (χ0v) is 16.7. The van der Waals surface area contributed by atoms with Crippen molar-refractivity contribution in [3.63, 3.8) is 0 Å². The number of nitrogens with zero attached hydrogens (tertiary/aromatic N) is 4. The third-order valence-electron chi connectivity index (χ3n) is 5.20. The van der Waals surface area contributed by atoms with Crippen molar-refractivity contribution in [3.8, 4) is 0 Å². The van der Waals surface area contributed by atoms with Gasteiger partial charge in [-0.3, -0.25) is 4.79 Å². The van der Waals surface area contributed by atoms with Crippen LogP contribution in [0, 0.1) is 0 Å². The highest BCUT2D eigenvalue weighted by atomic mass is 79.9. The highest BCUT2D eigenvalue weighted by Crippen LogP contribution is 2.27. The van der Waals surface area contributed by atoms with E-state index in [0.29, 0.717) is 18.8 Å². The number of H-pyrrole nitrogens is 1. The summed E-state index contributed by atoms with van der Waals surface area (Å²) in [4.78, 5) is 29.1. The van der Waals surface area contributed by atoms with Crippen LogP contribution in [0.4, 0.5) is 5.82 Å². The van der Waals surface area contributed by atoms with Gasteiger partial charge in [0.2, 0.25) is 0 Å². The Kier molecular flexibility index (Phi) is 4.24. The molecule has 1 amide bonds. The van der Waals surface area contributed by atoms with Gasteiger partial charge in [0.05, 0.1) is 5.52 Å². The Morgan fingerprint density at radius 2 is 1.82 bits per heavy atom. The molecule has 0 aliphatic carbocycles.